The number of ether oxygens (including phenoxy) is 4. The Morgan fingerprint density at radius 2 is 1.77 bits per heavy atom. The molecular formula is C31H31NO6S. The second-order valence-electron chi connectivity index (χ2n) is 9.44. The number of dihydropyridines is 1. The number of para-hydroxylation sites is 1. The summed E-state index contributed by atoms with van der Waals surface area (Å²) >= 11 is 1.53. The van der Waals surface area contributed by atoms with Crippen LogP contribution in [0.4, 0.5) is 0 Å². The maximum atomic E-state index is 13.7. The van der Waals surface area contributed by atoms with Crippen LogP contribution in [0, 0.1) is 0 Å². The fourth-order valence-corrected chi connectivity index (χ4v) is 6.12. The monoisotopic (exact) mass is 545 g/mol. The first-order valence-electron chi connectivity index (χ1n) is 12.8. The highest BCUT2D eigenvalue weighted by molar-refractivity contribution is 7.10. The Bertz CT molecular complexity index is 1410. The number of benzene rings is 2. The van der Waals surface area contributed by atoms with Crippen molar-refractivity contribution in [3.8, 4) is 17.2 Å². The molecule has 0 bridgehead atoms. The predicted octanol–water partition coefficient (Wildman–Crippen LogP) is 5.75. The maximum Gasteiger partial charge on any atom is 0.336 e. The number of thiophene rings is 1. The maximum absolute atomic E-state index is 13.7. The lowest BCUT2D eigenvalue weighted by Crippen LogP contribution is -2.36. The first-order chi connectivity index (χ1) is 19.0. The molecule has 2 heterocycles. The number of hydrogen-bond acceptors (Lipinski definition) is 8. The van der Waals surface area contributed by atoms with Gasteiger partial charge in [-0.25, -0.2) is 4.79 Å². The topological polar surface area (TPSA) is 83.1 Å². The van der Waals surface area contributed by atoms with Crippen LogP contribution in [0.15, 0.2) is 88.6 Å². The Hall–Kier alpha value is -4.04. The van der Waals surface area contributed by atoms with E-state index in [-0.39, 0.29) is 24.9 Å². The van der Waals surface area contributed by atoms with Gasteiger partial charge in [0, 0.05) is 28.3 Å². The number of ketones is 1. The van der Waals surface area contributed by atoms with Gasteiger partial charge in [0.25, 0.3) is 0 Å². The van der Waals surface area contributed by atoms with Crippen molar-refractivity contribution in [3.05, 3.63) is 99.0 Å². The second-order valence-corrected chi connectivity index (χ2v) is 10.4. The van der Waals surface area contributed by atoms with Crippen LogP contribution in [0.3, 0.4) is 0 Å². The van der Waals surface area contributed by atoms with Crippen molar-refractivity contribution in [3.63, 3.8) is 0 Å². The summed E-state index contributed by atoms with van der Waals surface area (Å²) in [5.74, 6) is 1.07. The highest BCUT2D eigenvalue weighted by Crippen LogP contribution is 2.47. The van der Waals surface area contributed by atoms with E-state index in [4.69, 9.17) is 18.9 Å². The Labute approximate surface area is 232 Å². The van der Waals surface area contributed by atoms with Crippen molar-refractivity contribution in [2.45, 2.75) is 31.6 Å². The van der Waals surface area contributed by atoms with E-state index in [2.05, 4.69) is 5.32 Å². The third-order valence-corrected chi connectivity index (χ3v) is 8.02. The zero-order valence-corrected chi connectivity index (χ0v) is 23.0. The molecule has 1 aliphatic carbocycles. The van der Waals surface area contributed by atoms with E-state index in [0.717, 1.165) is 16.1 Å². The number of carbonyl (C=O) groups excluding carboxylic acids is 2. The Kier molecular flexibility index (Phi) is 8.02. The van der Waals surface area contributed by atoms with Crippen molar-refractivity contribution >= 4 is 23.1 Å². The molecule has 0 fully saturated rings. The highest BCUT2D eigenvalue weighted by Gasteiger charge is 2.42. The van der Waals surface area contributed by atoms with Crippen LogP contribution in [0.1, 0.15) is 42.0 Å². The number of allylic oxidation sites excluding steroid dienone is 3. The first kappa shape index (κ1) is 26.6. The van der Waals surface area contributed by atoms with E-state index >= 15 is 0 Å². The molecule has 5 rings (SSSR count). The standard InChI is InChI=1S/C31H31NO6S/c1-19-28(31(34)38-14-13-37-22-8-5-4-6-9-22)30(27-10-7-15-39-27)29-23(32-19)16-21(17-24(29)33)20-11-12-25(35-2)26(18-20)36-3/h4-12,15,18,21,30,32H,13-14,16-17H2,1-3H3. The van der Waals surface area contributed by atoms with Gasteiger partial charge in [0.05, 0.1) is 25.7 Å². The number of methoxy groups -OCH3 is 2. The fraction of sp³-hybridized carbons (Fsp3) is 0.290. The zero-order chi connectivity index (χ0) is 27.4. The largest absolute Gasteiger partial charge is 0.493 e. The van der Waals surface area contributed by atoms with E-state index in [1.165, 1.54) is 11.3 Å². The van der Waals surface area contributed by atoms with E-state index in [0.29, 0.717) is 46.9 Å². The van der Waals surface area contributed by atoms with Crippen molar-refractivity contribution in [2.75, 3.05) is 27.4 Å². The molecule has 1 N–H and O–H groups in total. The molecule has 0 radical (unpaired) electrons. The molecule has 8 heteroatoms. The van der Waals surface area contributed by atoms with Crippen molar-refractivity contribution in [2.24, 2.45) is 0 Å². The minimum atomic E-state index is -0.470. The zero-order valence-electron chi connectivity index (χ0n) is 22.2. The van der Waals surface area contributed by atoms with Gasteiger partial charge < -0.3 is 24.3 Å². The number of hydrogen-bond donors (Lipinski definition) is 1. The van der Waals surface area contributed by atoms with Crippen LogP contribution in [-0.4, -0.2) is 39.2 Å². The molecule has 202 valence electrons. The lowest BCUT2D eigenvalue weighted by molar-refractivity contribution is -0.140. The summed E-state index contributed by atoms with van der Waals surface area (Å²) < 4.78 is 22.2. The molecule has 0 amide bonds. The molecule has 0 saturated carbocycles. The molecule has 2 aliphatic rings. The van der Waals surface area contributed by atoms with Crippen molar-refractivity contribution < 1.29 is 28.5 Å². The Morgan fingerprint density at radius 3 is 2.49 bits per heavy atom. The minimum Gasteiger partial charge on any atom is -0.493 e. The normalized spacial score (nSPS) is 18.8. The van der Waals surface area contributed by atoms with Gasteiger partial charge in [0.2, 0.25) is 0 Å². The molecule has 0 saturated heterocycles. The fourth-order valence-electron chi connectivity index (χ4n) is 5.28. The summed E-state index contributed by atoms with van der Waals surface area (Å²) in [6.07, 6.45) is 0.979. The lowest BCUT2D eigenvalue weighted by atomic mass is 9.73. The van der Waals surface area contributed by atoms with E-state index < -0.39 is 11.9 Å². The van der Waals surface area contributed by atoms with Gasteiger partial charge >= 0.3 is 5.97 Å². The Morgan fingerprint density at radius 1 is 0.974 bits per heavy atom. The molecule has 1 aromatic heterocycles. The van der Waals surface area contributed by atoms with E-state index in [1.807, 2.05) is 73.0 Å². The van der Waals surface area contributed by atoms with Crippen LogP contribution >= 0.6 is 11.3 Å². The van der Waals surface area contributed by atoms with Gasteiger partial charge in [-0.05, 0) is 60.5 Å². The van der Waals surface area contributed by atoms with Gasteiger partial charge in [-0.2, -0.15) is 0 Å². The van der Waals surface area contributed by atoms with Gasteiger partial charge in [-0.1, -0.05) is 30.3 Å². The molecular weight excluding hydrogens is 514 g/mol. The highest BCUT2D eigenvalue weighted by atomic mass is 32.1. The second kappa shape index (κ2) is 11.8. The summed E-state index contributed by atoms with van der Waals surface area (Å²) in [6, 6.07) is 19.1. The van der Waals surface area contributed by atoms with Crippen molar-refractivity contribution in [1.29, 1.82) is 0 Å². The van der Waals surface area contributed by atoms with E-state index in [1.54, 1.807) is 14.2 Å². The molecule has 2 atom stereocenters. The summed E-state index contributed by atoms with van der Waals surface area (Å²) in [7, 11) is 3.20. The smallest absolute Gasteiger partial charge is 0.336 e. The molecule has 7 nitrogen and oxygen atoms in total. The van der Waals surface area contributed by atoms with Gasteiger partial charge in [0.1, 0.15) is 19.0 Å². The number of Topliss-reactive ketones (excluding diaryl/α,β-unsaturated/α-hetero) is 1. The number of carbonyl (C=O) groups is 2. The first-order valence-corrected chi connectivity index (χ1v) is 13.7. The third kappa shape index (κ3) is 5.56. The number of rotatable bonds is 9. The van der Waals surface area contributed by atoms with Crippen LogP contribution < -0.4 is 19.5 Å². The molecule has 0 spiro atoms. The number of esters is 1. The minimum absolute atomic E-state index is 0.0205. The predicted molar refractivity (Wildman–Crippen MR) is 149 cm³/mol. The SMILES string of the molecule is COc1ccc(C2CC(=O)C3=C(C2)NC(C)=C(C(=O)OCCOc2ccccc2)C3c2cccs2)cc1OC. The van der Waals surface area contributed by atoms with Crippen LogP contribution in [0.5, 0.6) is 17.2 Å². The number of nitrogens with one attached hydrogen (secondary N) is 1. The van der Waals surface area contributed by atoms with Crippen LogP contribution in [-0.2, 0) is 14.3 Å². The van der Waals surface area contributed by atoms with Crippen LogP contribution in [0.2, 0.25) is 0 Å². The van der Waals surface area contributed by atoms with Gasteiger partial charge in [-0.15, -0.1) is 11.3 Å². The summed E-state index contributed by atoms with van der Waals surface area (Å²) in [4.78, 5) is 28.1. The molecule has 1 aliphatic heterocycles. The average Bonchev–Trinajstić information content (AvgIpc) is 3.49. The summed E-state index contributed by atoms with van der Waals surface area (Å²) in [6.45, 7) is 2.20. The Balaban J connectivity index is 1.38. The van der Waals surface area contributed by atoms with Crippen molar-refractivity contribution in [1.82, 2.24) is 5.32 Å². The molecule has 39 heavy (non-hydrogen) atoms. The lowest BCUT2D eigenvalue weighted by Gasteiger charge is -2.36. The summed E-state index contributed by atoms with van der Waals surface area (Å²) in [5, 5.41) is 5.36. The van der Waals surface area contributed by atoms with Gasteiger partial charge in [-0.3, -0.25) is 4.79 Å². The van der Waals surface area contributed by atoms with E-state index in [9.17, 15) is 9.59 Å². The summed E-state index contributed by atoms with van der Waals surface area (Å²) in [5.41, 5.74) is 3.67. The van der Waals surface area contributed by atoms with Crippen LogP contribution in [0.25, 0.3) is 0 Å². The quantitative estimate of drug-likeness (QED) is 0.271. The molecule has 3 aromatic rings. The molecule has 2 aromatic carbocycles. The van der Waals surface area contributed by atoms with Gasteiger partial charge in [0.15, 0.2) is 17.3 Å². The molecule has 2 unspecified atom stereocenters. The average molecular weight is 546 g/mol. The third-order valence-electron chi connectivity index (χ3n) is 7.08.